The molecular weight excluding hydrogens is 326 g/mol. The Labute approximate surface area is 155 Å². The first kappa shape index (κ1) is 19.5. The predicted octanol–water partition coefficient (Wildman–Crippen LogP) is 3.71. The molecule has 0 aliphatic heterocycles. The van der Waals surface area contributed by atoms with Crippen molar-refractivity contribution in [2.75, 3.05) is 25.6 Å². The third-order valence-corrected chi connectivity index (χ3v) is 3.96. The van der Waals surface area contributed by atoms with Crippen molar-refractivity contribution in [1.82, 2.24) is 5.43 Å². The minimum absolute atomic E-state index is 0.0694. The maximum atomic E-state index is 12.0. The van der Waals surface area contributed by atoms with Crippen molar-refractivity contribution < 1.29 is 9.53 Å². The van der Waals surface area contributed by atoms with E-state index in [9.17, 15) is 4.79 Å². The van der Waals surface area contributed by atoms with Crippen molar-refractivity contribution in [3.63, 3.8) is 0 Å². The first-order valence-corrected chi connectivity index (χ1v) is 8.69. The van der Waals surface area contributed by atoms with Crippen molar-refractivity contribution in [2.45, 2.75) is 26.7 Å². The summed E-state index contributed by atoms with van der Waals surface area (Å²) in [5.74, 6) is 0.789. The van der Waals surface area contributed by atoms with Crippen molar-refractivity contribution in [3.8, 4) is 5.75 Å². The van der Waals surface area contributed by atoms with E-state index in [0.29, 0.717) is 5.92 Å². The molecule has 0 bridgehead atoms. The second-order valence-corrected chi connectivity index (χ2v) is 6.76. The van der Waals surface area contributed by atoms with Crippen LogP contribution in [0.1, 0.15) is 36.5 Å². The average molecular weight is 353 g/mol. The van der Waals surface area contributed by atoms with Gasteiger partial charge in [0.05, 0.1) is 6.21 Å². The van der Waals surface area contributed by atoms with E-state index in [2.05, 4.69) is 24.4 Å². The number of aryl methyl sites for hydroxylation is 1. The zero-order valence-corrected chi connectivity index (χ0v) is 16.1. The summed E-state index contributed by atoms with van der Waals surface area (Å²) in [5.41, 5.74) is 6.71. The van der Waals surface area contributed by atoms with Crippen LogP contribution >= 0.6 is 0 Å². The van der Waals surface area contributed by atoms with Gasteiger partial charge in [0.1, 0.15) is 5.75 Å². The van der Waals surface area contributed by atoms with E-state index in [-0.39, 0.29) is 12.5 Å². The van der Waals surface area contributed by atoms with Crippen LogP contribution in [0.5, 0.6) is 5.75 Å². The number of rotatable bonds is 7. The number of anilines is 1. The van der Waals surface area contributed by atoms with Gasteiger partial charge in [-0.3, -0.25) is 4.79 Å². The Hall–Kier alpha value is -2.82. The van der Waals surface area contributed by atoms with Crippen LogP contribution in [0, 0.1) is 6.92 Å². The Kier molecular flexibility index (Phi) is 6.78. The number of carbonyl (C=O) groups excluding carboxylic acids is 1. The van der Waals surface area contributed by atoms with Gasteiger partial charge in [0, 0.05) is 19.8 Å². The molecule has 0 radical (unpaired) electrons. The molecule has 0 aromatic heterocycles. The lowest BCUT2D eigenvalue weighted by Gasteiger charge is -2.14. The van der Waals surface area contributed by atoms with E-state index in [1.807, 2.05) is 68.4 Å². The summed E-state index contributed by atoms with van der Waals surface area (Å²) in [4.78, 5) is 14.0. The molecule has 0 saturated heterocycles. The molecule has 2 aromatic rings. The zero-order chi connectivity index (χ0) is 19.1. The molecule has 5 nitrogen and oxygen atoms in total. The largest absolute Gasteiger partial charge is 0.483 e. The lowest BCUT2D eigenvalue weighted by Crippen LogP contribution is -2.25. The van der Waals surface area contributed by atoms with Crippen LogP contribution < -0.4 is 15.1 Å². The predicted molar refractivity (Wildman–Crippen MR) is 107 cm³/mol. The van der Waals surface area contributed by atoms with Gasteiger partial charge in [-0.2, -0.15) is 5.10 Å². The highest BCUT2D eigenvalue weighted by molar-refractivity contribution is 5.83. The van der Waals surface area contributed by atoms with Crippen LogP contribution in [0.2, 0.25) is 0 Å². The summed E-state index contributed by atoms with van der Waals surface area (Å²) in [6, 6.07) is 13.9. The molecule has 0 aliphatic rings. The molecule has 2 rings (SSSR count). The van der Waals surface area contributed by atoms with E-state index in [1.54, 1.807) is 6.21 Å². The summed E-state index contributed by atoms with van der Waals surface area (Å²) >= 11 is 0. The van der Waals surface area contributed by atoms with Gasteiger partial charge in [0.2, 0.25) is 0 Å². The Balaban J connectivity index is 1.88. The Morgan fingerprint density at radius 2 is 1.88 bits per heavy atom. The van der Waals surface area contributed by atoms with Crippen LogP contribution in [0.15, 0.2) is 47.6 Å². The summed E-state index contributed by atoms with van der Waals surface area (Å²) in [5, 5.41) is 3.99. The van der Waals surface area contributed by atoms with Crippen LogP contribution in [0.25, 0.3) is 0 Å². The highest BCUT2D eigenvalue weighted by Crippen LogP contribution is 2.27. The summed E-state index contributed by atoms with van der Waals surface area (Å²) in [6.07, 6.45) is 1.61. The molecule has 0 atom stereocenters. The van der Waals surface area contributed by atoms with Gasteiger partial charge in [0.25, 0.3) is 5.91 Å². The standard InChI is InChI=1S/C21H27N3O2/c1-15(2)19-11-6-16(3)12-20(19)26-14-21(25)23-22-13-17-7-9-18(10-8-17)24(4)5/h6-13,15H,14H2,1-5H3,(H,23,25)/b22-13-. The molecular formula is C21H27N3O2. The van der Waals surface area contributed by atoms with E-state index >= 15 is 0 Å². The topological polar surface area (TPSA) is 53.9 Å². The van der Waals surface area contributed by atoms with E-state index in [4.69, 9.17) is 4.74 Å². The highest BCUT2D eigenvalue weighted by Gasteiger charge is 2.10. The SMILES string of the molecule is Cc1ccc(C(C)C)c(OCC(=O)N/N=C\c2ccc(N(C)C)cc2)c1. The van der Waals surface area contributed by atoms with Gasteiger partial charge in [-0.1, -0.05) is 38.1 Å². The lowest BCUT2D eigenvalue weighted by atomic mass is 10.0. The van der Waals surface area contributed by atoms with Crippen molar-refractivity contribution >= 4 is 17.8 Å². The molecule has 2 aromatic carbocycles. The fourth-order valence-corrected chi connectivity index (χ4v) is 2.46. The third kappa shape index (κ3) is 5.62. The third-order valence-electron chi connectivity index (χ3n) is 3.96. The van der Waals surface area contributed by atoms with Gasteiger partial charge in [-0.25, -0.2) is 5.43 Å². The maximum absolute atomic E-state index is 12.0. The summed E-state index contributed by atoms with van der Waals surface area (Å²) < 4.78 is 5.69. The van der Waals surface area contributed by atoms with Gasteiger partial charge in [-0.05, 0) is 47.7 Å². The Morgan fingerprint density at radius 3 is 2.50 bits per heavy atom. The van der Waals surface area contributed by atoms with Gasteiger partial charge in [-0.15, -0.1) is 0 Å². The quantitative estimate of drug-likeness (QED) is 0.610. The van der Waals surface area contributed by atoms with Crippen molar-refractivity contribution in [1.29, 1.82) is 0 Å². The summed E-state index contributed by atoms with van der Waals surface area (Å²) in [6.45, 7) is 6.13. The number of ether oxygens (including phenoxy) is 1. The summed E-state index contributed by atoms with van der Waals surface area (Å²) in [7, 11) is 3.98. The first-order chi connectivity index (χ1) is 12.4. The second-order valence-electron chi connectivity index (χ2n) is 6.76. The fraction of sp³-hybridized carbons (Fsp3) is 0.333. The monoisotopic (exact) mass is 353 g/mol. The minimum atomic E-state index is -0.289. The van der Waals surface area contributed by atoms with Gasteiger partial charge < -0.3 is 9.64 Å². The molecule has 0 spiro atoms. The van der Waals surface area contributed by atoms with E-state index in [1.165, 1.54) is 0 Å². The molecule has 0 saturated carbocycles. The van der Waals surface area contributed by atoms with Crippen LogP contribution in [0.3, 0.4) is 0 Å². The minimum Gasteiger partial charge on any atom is -0.483 e. The number of carbonyl (C=O) groups is 1. The van der Waals surface area contributed by atoms with Crippen LogP contribution in [0.4, 0.5) is 5.69 Å². The first-order valence-electron chi connectivity index (χ1n) is 8.69. The molecule has 0 aliphatic carbocycles. The maximum Gasteiger partial charge on any atom is 0.277 e. The van der Waals surface area contributed by atoms with Crippen LogP contribution in [-0.4, -0.2) is 32.8 Å². The van der Waals surface area contributed by atoms with E-state index in [0.717, 1.165) is 28.1 Å². The van der Waals surface area contributed by atoms with Gasteiger partial charge in [0.15, 0.2) is 6.61 Å². The highest BCUT2D eigenvalue weighted by atomic mass is 16.5. The lowest BCUT2D eigenvalue weighted by molar-refractivity contribution is -0.123. The molecule has 138 valence electrons. The smallest absolute Gasteiger partial charge is 0.277 e. The number of amides is 1. The molecule has 1 amide bonds. The molecule has 0 fully saturated rings. The van der Waals surface area contributed by atoms with Crippen LogP contribution in [-0.2, 0) is 4.79 Å². The number of hydrogen-bond acceptors (Lipinski definition) is 4. The van der Waals surface area contributed by atoms with Crippen molar-refractivity contribution in [2.24, 2.45) is 5.10 Å². The second kappa shape index (κ2) is 9.04. The van der Waals surface area contributed by atoms with Gasteiger partial charge >= 0.3 is 0 Å². The Morgan fingerprint density at radius 1 is 1.19 bits per heavy atom. The number of nitrogens with zero attached hydrogens (tertiary/aromatic N) is 2. The molecule has 0 heterocycles. The number of hydrogen-bond donors (Lipinski definition) is 1. The zero-order valence-electron chi connectivity index (χ0n) is 16.1. The molecule has 1 N–H and O–H groups in total. The number of benzene rings is 2. The number of nitrogens with one attached hydrogen (secondary N) is 1. The van der Waals surface area contributed by atoms with Crippen molar-refractivity contribution in [3.05, 3.63) is 59.2 Å². The molecule has 26 heavy (non-hydrogen) atoms. The molecule has 5 heteroatoms. The molecule has 0 unspecified atom stereocenters. The fourth-order valence-electron chi connectivity index (χ4n) is 2.46. The number of hydrazone groups is 1. The normalized spacial score (nSPS) is 11.0. The Bertz CT molecular complexity index is 765. The average Bonchev–Trinajstić information content (AvgIpc) is 2.60. The van der Waals surface area contributed by atoms with E-state index < -0.39 is 0 Å².